The smallest absolute Gasteiger partial charge is 0.123 e. The second kappa shape index (κ2) is 9.79. The molecule has 0 spiro atoms. The second-order valence-corrected chi connectivity index (χ2v) is 7.77. The maximum atomic E-state index is 13.3. The van der Waals surface area contributed by atoms with Gasteiger partial charge in [-0.15, -0.1) is 0 Å². The van der Waals surface area contributed by atoms with Crippen molar-refractivity contribution in [3.05, 3.63) is 107 Å². The van der Waals surface area contributed by atoms with Crippen molar-refractivity contribution in [1.29, 1.82) is 0 Å². The third-order valence-corrected chi connectivity index (χ3v) is 5.62. The molecule has 0 bridgehead atoms. The molecule has 0 amide bonds. The van der Waals surface area contributed by atoms with Crippen LogP contribution < -0.4 is 10.9 Å². The molecule has 1 aliphatic rings. The van der Waals surface area contributed by atoms with Crippen LogP contribution in [0.3, 0.4) is 0 Å². The molecule has 3 nitrogen and oxygen atoms in total. The number of hydrazine groups is 1. The van der Waals surface area contributed by atoms with E-state index in [-0.39, 0.29) is 11.9 Å². The van der Waals surface area contributed by atoms with Crippen molar-refractivity contribution < 1.29 is 4.39 Å². The van der Waals surface area contributed by atoms with E-state index in [1.165, 1.54) is 11.1 Å². The number of halogens is 1. The summed E-state index contributed by atoms with van der Waals surface area (Å²) >= 11 is 0. The molecule has 4 rings (SSSR count). The van der Waals surface area contributed by atoms with Gasteiger partial charge in [0.15, 0.2) is 0 Å². The maximum Gasteiger partial charge on any atom is 0.123 e. The first-order chi connectivity index (χ1) is 14.3. The zero-order valence-corrected chi connectivity index (χ0v) is 16.6. The highest BCUT2D eigenvalue weighted by atomic mass is 19.1. The summed E-state index contributed by atoms with van der Waals surface area (Å²) in [5.41, 5.74) is 10.5. The number of rotatable bonds is 8. The van der Waals surface area contributed by atoms with Crippen LogP contribution in [0, 0.1) is 11.7 Å². The Labute approximate surface area is 172 Å². The molecule has 2 N–H and O–H groups in total. The van der Waals surface area contributed by atoms with Crippen LogP contribution in [0.4, 0.5) is 4.39 Å². The molecule has 29 heavy (non-hydrogen) atoms. The predicted molar refractivity (Wildman–Crippen MR) is 116 cm³/mol. The normalized spacial score (nSPS) is 19.0. The van der Waals surface area contributed by atoms with E-state index < -0.39 is 0 Å². The Morgan fingerprint density at radius 1 is 0.828 bits per heavy atom. The summed E-state index contributed by atoms with van der Waals surface area (Å²) in [4.78, 5) is 2.54. The highest BCUT2D eigenvalue weighted by molar-refractivity contribution is 5.22. The Bertz CT molecular complexity index is 868. The van der Waals surface area contributed by atoms with Crippen molar-refractivity contribution >= 4 is 0 Å². The van der Waals surface area contributed by atoms with E-state index >= 15 is 0 Å². The Morgan fingerprint density at radius 2 is 1.48 bits per heavy atom. The minimum absolute atomic E-state index is 0.186. The van der Waals surface area contributed by atoms with Gasteiger partial charge in [0.05, 0.1) is 6.04 Å². The van der Waals surface area contributed by atoms with Crippen LogP contribution in [0.5, 0.6) is 0 Å². The van der Waals surface area contributed by atoms with Crippen LogP contribution in [0.2, 0.25) is 0 Å². The van der Waals surface area contributed by atoms with Crippen LogP contribution in [0.25, 0.3) is 0 Å². The molecule has 0 radical (unpaired) electrons. The molecule has 3 aromatic rings. The van der Waals surface area contributed by atoms with Gasteiger partial charge < -0.3 is 0 Å². The third kappa shape index (κ3) is 5.51. The summed E-state index contributed by atoms with van der Waals surface area (Å²) in [7, 11) is 0. The number of hydrogen-bond donors (Lipinski definition) is 2. The Hall–Kier alpha value is -2.53. The molecule has 0 aliphatic carbocycles. The zero-order chi connectivity index (χ0) is 19.9. The van der Waals surface area contributed by atoms with Gasteiger partial charge in [-0.25, -0.2) is 9.82 Å². The molecular weight excluding hydrogens is 361 g/mol. The predicted octanol–water partition coefficient (Wildman–Crippen LogP) is 4.34. The molecule has 2 unspecified atom stereocenters. The van der Waals surface area contributed by atoms with Crippen LogP contribution >= 0.6 is 0 Å². The average molecular weight is 390 g/mol. The number of nitrogens with one attached hydrogen (secondary N) is 2. The van der Waals surface area contributed by atoms with Gasteiger partial charge in [-0.1, -0.05) is 72.8 Å². The molecule has 1 saturated heterocycles. The van der Waals surface area contributed by atoms with Gasteiger partial charge in [-0.3, -0.25) is 10.3 Å². The van der Waals surface area contributed by atoms with Gasteiger partial charge in [-0.2, -0.15) is 0 Å². The van der Waals surface area contributed by atoms with Crippen molar-refractivity contribution in [3.63, 3.8) is 0 Å². The van der Waals surface area contributed by atoms with E-state index in [1.54, 1.807) is 12.1 Å². The summed E-state index contributed by atoms with van der Waals surface area (Å²) in [6.07, 6.45) is 1.03. The van der Waals surface area contributed by atoms with E-state index in [9.17, 15) is 4.39 Å². The van der Waals surface area contributed by atoms with E-state index in [2.05, 4.69) is 76.4 Å². The lowest BCUT2D eigenvalue weighted by atomic mass is 9.94. The molecule has 3 aromatic carbocycles. The molecule has 2 atom stereocenters. The van der Waals surface area contributed by atoms with E-state index in [4.69, 9.17) is 0 Å². The van der Waals surface area contributed by atoms with Gasteiger partial charge in [0.2, 0.25) is 0 Å². The van der Waals surface area contributed by atoms with Crippen molar-refractivity contribution in [2.24, 2.45) is 5.92 Å². The highest BCUT2D eigenvalue weighted by Crippen LogP contribution is 2.26. The van der Waals surface area contributed by atoms with Crippen molar-refractivity contribution in [1.82, 2.24) is 15.8 Å². The Morgan fingerprint density at radius 3 is 2.17 bits per heavy atom. The topological polar surface area (TPSA) is 27.3 Å². The highest BCUT2D eigenvalue weighted by Gasteiger charge is 2.29. The Balaban J connectivity index is 1.46. The lowest BCUT2D eigenvalue weighted by Gasteiger charge is -2.28. The summed E-state index contributed by atoms with van der Waals surface area (Å²) in [5, 5.41) is 0. The molecule has 0 saturated carbocycles. The van der Waals surface area contributed by atoms with E-state index in [0.717, 1.165) is 38.2 Å². The number of benzene rings is 3. The summed E-state index contributed by atoms with van der Waals surface area (Å²) < 4.78 is 13.3. The third-order valence-electron chi connectivity index (χ3n) is 5.62. The molecule has 1 aliphatic heterocycles. The fourth-order valence-electron chi connectivity index (χ4n) is 4.07. The average Bonchev–Trinajstić information content (AvgIpc) is 3.22. The van der Waals surface area contributed by atoms with Gasteiger partial charge >= 0.3 is 0 Å². The minimum Gasteiger partial charge on any atom is -0.298 e. The molecular formula is C25H28FN3. The van der Waals surface area contributed by atoms with Crippen LogP contribution in [0.1, 0.15) is 22.7 Å². The standard InChI is InChI=1S/C25H28FN3/c26-24-13-11-22(12-14-24)25-23(17-27-28-25)19-29(18-21-9-5-2-6-10-21)16-15-20-7-3-1-4-8-20/h1-14,23,25,27-28H,15-19H2. The van der Waals surface area contributed by atoms with Crippen LogP contribution in [-0.2, 0) is 13.0 Å². The van der Waals surface area contributed by atoms with E-state index in [1.807, 2.05) is 12.1 Å². The monoisotopic (exact) mass is 389 g/mol. The maximum absolute atomic E-state index is 13.3. The number of nitrogens with zero attached hydrogens (tertiary/aromatic N) is 1. The number of hydrogen-bond acceptors (Lipinski definition) is 3. The zero-order valence-electron chi connectivity index (χ0n) is 16.6. The lowest BCUT2D eigenvalue weighted by Crippen LogP contribution is -2.34. The van der Waals surface area contributed by atoms with Crippen molar-refractivity contribution in [3.8, 4) is 0 Å². The molecule has 4 heteroatoms. The summed E-state index contributed by atoms with van der Waals surface area (Å²) in [6, 6.07) is 28.4. The molecule has 1 fully saturated rings. The largest absolute Gasteiger partial charge is 0.298 e. The van der Waals surface area contributed by atoms with Gasteiger partial charge in [0.1, 0.15) is 5.82 Å². The fraction of sp³-hybridized carbons (Fsp3) is 0.280. The fourth-order valence-corrected chi connectivity index (χ4v) is 4.07. The molecule has 0 aromatic heterocycles. The van der Waals surface area contributed by atoms with Gasteiger partial charge in [0.25, 0.3) is 0 Å². The van der Waals surface area contributed by atoms with Gasteiger partial charge in [0, 0.05) is 32.1 Å². The van der Waals surface area contributed by atoms with Crippen molar-refractivity contribution in [2.75, 3.05) is 19.6 Å². The quantitative estimate of drug-likeness (QED) is 0.600. The van der Waals surface area contributed by atoms with Crippen molar-refractivity contribution in [2.45, 2.75) is 19.0 Å². The van der Waals surface area contributed by atoms with E-state index in [0.29, 0.717) is 5.92 Å². The van der Waals surface area contributed by atoms with Crippen LogP contribution in [-0.4, -0.2) is 24.5 Å². The first-order valence-electron chi connectivity index (χ1n) is 10.3. The second-order valence-electron chi connectivity index (χ2n) is 7.77. The molecule has 150 valence electrons. The summed E-state index contributed by atoms with van der Waals surface area (Å²) in [6.45, 7) is 3.81. The minimum atomic E-state index is -0.190. The SMILES string of the molecule is Fc1ccc(C2NNCC2CN(CCc2ccccc2)Cc2ccccc2)cc1. The summed E-state index contributed by atoms with van der Waals surface area (Å²) in [5.74, 6) is 0.227. The van der Waals surface area contributed by atoms with Crippen LogP contribution in [0.15, 0.2) is 84.9 Å². The molecule has 1 heterocycles. The lowest BCUT2D eigenvalue weighted by molar-refractivity contribution is 0.220. The Kier molecular flexibility index (Phi) is 6.67. The first kappa shape index (κ1) is 19.8. The first-order valence-corrected chi connectivity index (χ1v) is 10.3. The van der Waals surface area contributed by atoms with Gasteiger partial charge in [-0.05, 0) is 35.2 Å².